The van der Waals surface area contributed by atoms with Crippen molar-refractivity contribution in [1.29, 1.82) is 0 Å². The summed E-state index contributed by atoms with van der Waals surface area (Å²) in [6.45, 7) is 65.3. The van der Waals surface area contributed by atoms with Crippen molar-refractivity contribution in [3.63, 3.8) is 0 Å². The Hall–Kier alpha value is -0.0600. The van der Waals surface area contributed by atoms with Crippen LogP contribution in [0.1, 0.15) is 234 Å². The van der Waals surface area contributed by atoms with Gasteiger partial charge in [0.2, 0.25) is 0 Å². The molecule has 0 fully saturated rings. The first-order valence-corrected chi connectivity index (χ1v) is 22.8. The molecule has 53 heavy (non-hydrogen) atoms. The van der Waals surface area contributed by atoms with Crippen molar-refractivity contribution in [1.82, 2.24) is 5.32 Å². The van der Waals surface area contributed by atoms with Crippen molar-refractivity contribution in [2.75, 3.05) is 0 Å². The molecule has 0 amide bonds. The standard InChI is InChI=1S/C8H18.C7H15N.C7H16.C6H15N.C6H14O.C6H14S.2C4H10.CH4/c1-7(2)5-6-8(3)4;1-6(2)5-8-7(3)4;1-6(2)5-7(3)4;3*1-5(2)7-6(3)4;2*1-4(2)3;/h7-8H,5-6H2,1-4H3;5-7H,1-4H3;6-7H,5H2,1-4H3;5-7H,1-4H3;2*5-6H,1-4H3;2*4H,1-3H3;1H4. The molecule has 0 aromatic rings. The molecule has 0 spiro atoms. The van der Waals surface area contributed by atoms with Gasteiger partial charge in [-0.2, -0.15) is 11.8 Å². The summed E-state index contributed by atoms with van der Waals surface area (Å²) in [7, 11) is 0. The third-order valence-electron chi connectivity index (χ3n) is 4.70. The molecule has 0 saturated heterocycles. The van der Waals surface area contributed by atoms with Gasteiger partial charge >= 0.3 is 0 Å². The largest absolute Gasteiger partial charge is 0.376 e. The molecule has 0 radical (unpaired) electrons. The zero-order valence-electron chi connectivity index (χ0n) is 42.5. The number of nitrogens with one attached hydrogen (secondary N) is 1. The van der Waals surface area contributed by atoms with E-state index in [0.717, 1.165) is 46.0 Å². The van der Waals surface area contributed by atoms with Crippen molar-refractivity contribution in [3.8, 4) is 0 Å². The van der Waals surface area contributed by atoms with Gasteiger partial charge in [0.05, 0.1) is 12.2 Å². The normalized spacial score (nSPS) is 10.8. The Labute approximate surface area is 348 Å². The zero-order valence-corrected chi connectivity index (χ0v) is 43.4. The third kappa shape index (κ3) is 193. The zero-order chi connectivity index (χ0) is 43.7. The summed E-state index contributed by atoms with van der Waals surface area (Å²) >= 11 is 2.01. The van der Waals surface area contributed by atoms with Gasteiger partial charge < -0.3 is 10.1 Å². The van der Waals surface area contributed by atoms with Crippen molar-refractivity contribution >= 4 is 18.0 Å². The maximum atomic E-state index is 5.25. The van der Waals surface area contributed by atoms with Crippen LogP contribution in [0.15, 0.2) is 4.99 Å². The number of hydrogen-bond acceptors (Lipinski definition) is 4. The van der Waals surface area contributed by atoms with E-state index in [1.54, 1.807) is 0 Å². The van der Waals surface area contributed by atoms with Gasteiger partial charge in [0.15, 0.2) is 0 Å². The minimum atomic E-state index is 0. The first-order chi connectivity index (χ1) is 23.2. The van der Waals surface area contributed by atoms with Gasteiger partial charge in [0.1, 0.15) is 0 Å². The summed E-state index contributed by atoms with van der Waals surface area (Å²) in [5.74, 6) is 5.78. The molecule has 0 aromatic heterocycles. The highest BCUT2D eigenvalue weighted by molar-refractivity contribution is 8.00. The molecule has 334 valence electrons. The monoisotopic (exact) mass is 781 g/mol. The van der Waals surface area contributed by atoms with Crippen LogP contribution < -0.4 is 5.32 Å². The molecule has 3 nitrogen and oxygen atoms in total. The summed E-state index contributed by atoms with van der Waals surface area (Å²) in [4.78, 5) is 4.20. The van der Waals surface area contributed by atoms with Crippen molar-refractivity contribution in [2.24, 2.45) is 46.4 Å². The van der Waals surface area contributed by atoms with Crippen molar-refractivity contribution in [3.05, 3.63) is 0 Å². The Morgan fingerprint density at radius 2 is 0.717 bits per heavy atom. The van der Waals surface area contributed by atoms with E-state index < -0.39 is 0 Å². The molecule has 0 aromatic carbocycles. The summed E-state index contributed by atoms with van der Waals surface area (Å²) in [5.41, 5.74) is 0. The molecular weight excluding hydrogens is 665 g/mol. The van der Waals surface area contributed by atoms with Crippen LogP contribution in [0.5, 0.6) is 0 Å². The maximum absolute atomic E-state index is 5.25. The lowest BCUT2D eigenvalue weighted by molar-refractivity contribution is 0.0300. The van der Waals surface area contributed by atoms with E-state index in [1.165, 1.54) is 19.3 Å². The molecule has 0 aliphatic carbocycles. The number of nitrogens with zero attached hydrogens (tertiary/aromatic N) is 1. The van der Waals surface area contributed by atoms with Crippen LogP contribution in [-0.4, -0.2) is 47.0 Å². The first-order valence-electron chi connectivity index (χ1n) is 21.8. The van der Waals surface area contributed by atoms with Gasteiger partial charge in [-0.25, -0.2) is 0 Å². The lowest BCUT2D eigenvalue weighted by Crippen LogP contribution is -2.29. The van der Waals surface area contributed by atoms with E-state index in [1.807, 2.05) is 45.7 Å². The Morgan fingerprint density at radius 1 is 0.453 bits per heavy atom. The molecule has 0 aliphatic heterocycles. The van der Waals surface area contributed by atoms with E-state index >= 15 is 0 Å². The van der Waals surface area contributed by atoms with Crippen LogP contribution in [0.2, 0.25) is 0 Å². The van der Waals surface area contributed by atoms with Gasteiger partial charge in [0, 0.05) is 24.3 Å². The highest BCUT2D eigenvalue weighted by atomic mass is 32.2. The van der Waals surface area contributed by atoms with Gasteiger partial charge in [-0.3, -0.25) is 4.99 Å². The van der Waals surface area contributed by atoms with Crippen LogP contribution in [0.4, 0.5) is 0 Å². The molecule has 0 bridgehead atoms. The fourth-order valence-corrected chi connectivity index (χ4v) is 4.80. The molecule has 0 rings (SSSR count). The number of hydrogen-bond donors (Lipinski definition) is 1. The van der Waals surface area contributed by atoms with Crippen LogP contribution >= 0.6 is 11.8 Å². The molecule has 0 atom stereocenters. The molecule has 0 saturated carbocycles. The summed E-state index contributed by atoms with van der Waals surface area (Å²) in [6, 6.07) is 1.71. The summed E-state index contributed by atoms with van der Waals surface area (Å²) < 4.78 is 5.25. The summed E-state index contributed by atoms with van der Waals surface area (Å²) in [5, 5.41) is 4.89. The topological polar surface area (TPSA) is 33.6 Å². The second kappa shape index (κ2) is 54.0. The fourth-order valence-electron chi connectivity index (χ4n) is 3.71. The number of thioether (sulfide) groups is 1. The molecule has 0 aliphatic rings. The van der Waals surface area contributed by atoms with E-state index in [4.69, 9.17) is 4.74 Å². The molecule has 1 N–H and O–H groups in total. The van der Waals surface area contributed by atoms with Crippen LogP contribution in [0.25, 0.3) is 0 Å². The van der Waals surface area contributed by atoms with Gasteiger partial charge in [-0.15, -0.1) is 0 Å². The Morgan fingerprint density at radius 3 is 0.755 bits per heavy atom. The smallest absolute Gasteiger partial charge is 0.0522 e. The quantitative estimate of drug-likeness (QED) is 0.189. The maximum Gasteiger partial charge on any atom is 0.0522 e. The second-order valence-electron chi connectivity index (χ2n) is 19.4. The number of aliphatic imine (C=N–C) groups is 1. The first kappa shape index (κ1) is 74.0. The Bertz CT molecular complexity index is 492. The van der Waals surface area contributed by atoms with Crippen LogP contribution in [0, 0.1) is 41.4 Å². The predicted molar refractivity (Wildman–Crippen MR) is 262 cm³/mol. The van der Waals surface area contributed by atoms with Crippen LogP contribution in [-0.2, 0) is 4.74 Å². The van der Waals surface area contributed by atoms with E-state index in [-0.39, 0.29) is 7.43 Å². The molecule has 0 unspecified atom stereocenters. The number of rotatable bonds is 13. The predicted octanol–water partition coefficient (Wildman–Crippen LogP) is 17.6. The highest BCUT2D eigenvalue weighted by Crippen LogP contribution is 2.14. The SMILES string of the molecule is C.CC(C)C.CC(C)C.CC(C)C=NC(C)C.CC(C)CC(C)C.CC(C)CCC(C)C.CC(C)NC(C)C.CC(C)OC(C)C.CC(C)SC(C)C. The third-order valence-corrected chi connectivity index (χ3v) is 5.79. The Balaban J connectivity index is -0.0000000600. The van der Waals surface area contributed by atoms with Crippen molar-refractivity contribution in [2.45, 2.75) is 275 Å². The lowest BCUT2D eigenvalue weighted by Gasteiger charge is -2.10. The van der Waals surface area contributed by atoms with E-state index in [2.05, 4.69) is 190 Å². The molecule has 0 heterocycles. The van der Waals surface area contributed by atoms with Crippen LogP contribution in [0.3, 0.4) is 0 Å². The van der Waals surface area contributed by atoms with Crippen molar-refractivity contribution < 1.29 is 4.74 Å². The van der Waals surface area contributed by atoms with Gasteiger partial charge in [0.25, 0.3) is 0 Å². The highest BCUT2D eigenvalue weighted by Gasteiger charge is 1.97. The molecule has 4 heteroatoms. The molecular formula is C49H116N2OS. The fraction of sp³-hybridized carbons (Fsp3) is 0.980. The minimum absolute atomic E-state index is 0. The summed E-state index contributed by atoms with van der Waals surface area (Å²) in [6.07, 6.45) is 6.88. The van der Waals surface area contributed by atoms with E-state index in [9.17, 15) is 0 Å². The average molecular weight is 782 g/mol. The van der Waals surface area contributed by atoms with Gasteiger partial charge in [-0.1, -0.05) is 186 Å². The Kier molecular flexibility index (Phi) is 75.4. The second-order valence-corrected chi connectivity index (χ2v) is 21.6. The number of ether oxygens (including phenoxy) is 1. The lowest BCUT2D eigenvalue weighted by atomic mass is 10.0. The van der Waals surface area contributed by atoms with E-state index in [0.29, 0.717) is 36.3 Å². The van der Waals surface area contributed by atoms with Gasteiger partial charge in [-0.05, 0) is 99.9 Å². The minimum Gasteiger partial charge on any atom is -0.376 e. The average Bonchev–Trinajstić information content (AvgIpc) is 2.84.